The highest BCUT2D eigenvalue weighted by Crippen LogP contribution is 2.32. The van der Waals surface area contributed by atoms with Gasteiger partial charge in [0.15, 0.2) is 0 Å². The van der Waals surface area contributed by atoms with Crippen molar-refractivity contribution in [1.82, 2.24) is 0 Å². The van der Waals surface area contributed by atoms with E-state index in [2.05, 4.69) is 22.1 Å². The lowest BCUT2D eigenvalue weighted by molar-refractivity contribution is -0.275. The Morgan fingerprint density at radius 3 is 2.25 bits per heavy atom. The minimum absolute atomic E-state index is 0.254. The molecular weight excluding hydrogens is 255 g/mol. The molecule has 0 aliphatic heterocycles. The first-order chi connectivity index (χ1) is 7.28. The lowest BCUT2D eigenvalue weighted by atomic mass is 10.3. The fourth-order valence-electron chi connectivity index (χ4n) is 0.884. The van der Waals surface area contributed by atoms with Crippen LogP contribution < -0.4 is 9.47 Å². The smallest absolute Gasteiger partial charge is 0.435 e. The fourth-order valence-corrected chi connectivity index (χ4v) is 1.13. The highest BCUT2D eigenvalue weighted by atomic mass is 32.1. The number of alkyl halides is 5. The minimum atomic E-state index is -4.86. The number of hydrogen-bond acceptors (Lipinski definition) is 3. The molecule has 2 nitrogen and oxygen atoms in total. The van der Waals surface area contributed by atoms with Gasteiger partial charge < -0.3 is 9.47 Å². The molecule has 16 heavy (non-hydrogen) atoms. The van der Waals surface area contributed by atoms with E-state index in [0.29, 0.717) is 0 Å². The van der Waals surface area contributed by atoms with Crippen LogP contribution in [0.1, 0.15) is 0 Å². The van der Waals surface area contributed by atoms with E-state index in [0.717, 1.165) is 18.2 Å². The van der Waals surface area contributed by atoms with E-state index in [9.17, 15) is 22.0 Å². The van der Waals surface area contributed by atoms with Crippen molar-refractivity contribution in [2.45, 2.75) is 17.9 Å². The van der Waals surface area contributed by atoms with Gasteiger partial charge in [-0.1, -0.05) is 0 Å². The molecule has 0 fully saturated rings. The zero-order valence-corrected chi connectivity index (χ0v) is 8.36. The van der Waals surface area contributed by atoms with Crippen LogP contribution in [0.25, 0.3) is 0 Å². The number of halogens is 5. The Morgan fingerprint density at radius 1 is 1.19 bits per heavy atom. The van der Waals surface area contributed by atoms with Crippen LogP contribution >= 0.6 is 12.6 Å². The minimum Gasteiger partial charge on any atom is -0.435 e. The Balaban J connectivity index is 2.83. The number of ether oxygens (including phenoxy) is 2. The Hall–Kier alpha value is -1.18. The lowest BCUT2D eigenvalue weighted by Crippen LogP contribution is -2.17. The summed E-state index contributed by atoms with van der Waals surface area (Å²) in [6.45, 7) is -3.05. The summed E-state index contributed by atoms with van der Waals surface area (Å²) in [5.74, 6) is -0.882. The standard InChI is InChI=1S/C8H5F5O2S/c9-7(10)14-4-1-2-5(6(16)3-4)15-8(11,12)13/h1-3,7,16H. The molecule has 0 aliphatic rings. The third-order valence-electron chi connectivity index (χ3n) is 1.38. The zero-order chi connectivity index (χ0) is 12.3. The van der Waals surface area contributed by atoms with Crippen LogP contribution in [0.5, 0.6) is 11.5 Å². The van der Waals surface area contributed by atoms with E-state index >= 15 is 0 Å². The molecule has 0 radical (unpaired) electrons. The van der Waals surface area contributed by atoms with Gasteiger partial charge in [0.1, 0.15) is 11.5 Å². The summed E-state index contributed by atoms with van der Waals surface area (Å²) in [4.78, 5) is -0.254. The SMILES string of the molecule is FC(F)Oc1ccc(OC(F)(F)F)c(S)c1. The molecule has 0 aromatic heterocycles. The molecule has 0 saturated heterocycles. The van der Waals surface area contributed by atoms with Gasteiger partial charge in [0.25, 0.3) is 0 Å². The van der Waals surface area contributed by atoms with Crippen LogP contribution in [-0.4, -0.2) is 13.0 Å². The summed E-state index contributed by atoms with van der Waals surface area (Å²) in [6, 6.07) is 2.66. The summed E-state index contributed by atoms with van der Waals surface area (Å²) in [7, 11) is 0. The van der Waals surface area contributed by atoms with Crippen LogP contribution in [0.4, 0.5) is 22.0 Å². The first kappa shape index (κ1) is 12.9. The molecule has 0 bridgehead atoms. The normalized spacial score (nSPS) is 11.7. The Morgan fingerprint density at radius 2 is 1.81 bits per heavy atom. The number of thiol groups is 1. The van der Waals surface area contributed by atoms with Gasteiger partial charge in [-0.3, -0.25) is 0 Å². The van der Waals surface area contributed by atoms with E-state index in [-0.39, 0.29) is 10.6 Å². The van der Waals surface area contributed by atoms with E-state index in [1.807, 2.05) is 0 Å². The molecule has 0 aliphatic carbocycles. The van der Waals surface area contributed by atoms with Crippen molar-refractivity contribution < 1.29 is 31.4 Å². The van der Waals surface area contributed by atoms with Crippen molar-refractivity contribution in [3.05, 3.63) is 18.2 Å². The molecule has 1 aromatic carbocycles. The third-order valence-corrected chi connectivity index (χ3v) is 1.73. The van der Waals surface area contributed by atoms with Crippen molar-refractivity contribution in [2.24, 2.45) is 0 Å². The molecule has 0 saturated carbocycles. The van der Waals surface area contributed by atoms with Gasteiger partial charge in [-0.25, -0.2) is 0 Å². The number of benzene rings is 1. The van der Waals surface area contributed by atoms with Crippen LogP contribution in [0.2, 0.25) is 0 Å². The Kier molecular flexibility index (Phi) is 3.84. The fraction of sp³-hybridized carbons (Fsp3) is 0.250. The van der Waals surface area contributed by atoms with Gasteiger partial charge >= 0.3 is 13.0 Å². The molecule has 1 rings (SSSR count). The predicted octanol–water partition coefficient (Wildman–Crippen LogP) is 3.48. The van der Waals surface area contributed by atoms with Gasteiger partial charge in [-0.2, -0.15) is 8.78 Å². The van der Waals surface area contributed by atoms with Crippen molar-refractivity contribution in [2.75, 3.05) is 0 Å². The average Bonchev–Trinajstić information content (AvgIpc) is 2.06. The van der Waals surface area contributed by atoms with E-state index in [4.69, 9.17) is 0 Å². The molecule has 0 atom stereocenters. The van der Waals surface area contributed by atoms with Crippen molar-refractivity contribution >= 4 is 12.6 Å². The van der Waals surface area contributed by atoms with Crippen LogP contribution in [-0.2, 0) is 0 Å². The maximum absolute atomic E-state index is 11.8. The third kappa shape index (κ3) is 4.13. The maximum atomic E-state index is 11.8. The maximum Gasteiger partial charge on any atom is 0.573 e. The molecule has 90 valence electrons. The monoisotopic (exact) mass is 260 g/mol. The highest BCUT2D eigenvalue weighted by molar-refractivity contribution is 7.80. The quantitative estimate of drug-likeness (QED) is 0.662. The highest BCUT2D eigenvalue weighted by Gasteiger charge is 2.31. The van der Waals surface area contributed by atoms with Crippen LogP contribution in [0.3, 0.4) is 0 Å². The van der Waals surface area contributed by atoms with E-state index < -0.39 is 18.7 Å². The van der Waals surface area contributed by atoms with Gasteiger partial charge in [-0.15, -0.1) is 25.8 Å². The van der Waals surface area contributed by atoms with Crippen molar-refractivity contribution in [3.8, 4) is 11.5 Å². The molecule has 8 heteroatoms. The predicted molar refractivity (Wildman–Crippen MR) is 47.0 cm³/mol. The average molecular weight is 260 g/mol. The topological polar surface area (TPSA) is 18.5 Å². The number of hydrogen-bond donors (Lipinski definition) is 1. The first-order valence-corrected chi connectivity index (χ1v) is 4.26. The summed E-state index contributed by atoms with van der Waals surface area (Å²) in [5, 5.41) is 0. The lowest BCUT2D eigenvalue weighted by Gasteiger charge is -2.12. The molecule has 0 amide bonds. The van der Waals surface area contributed by atoms with Crippen LogP contribution in [0.15, 0.2) is 23.1 Å². The second kappa shape index (κ2) is 4.77. The molecule has 0 N–H and O–H groups in total. The molecular formula is C8H5F5O2S. The van der Waals surface area contributed by atoms with Gasteiger partial charge in [0.05, 0.1) is 4.90 Å². The zero-order valence-electron chi connectivity index (χ0n) is 7.46. The van der Waals surface area contributed by atoms with E-state index in [1.54, 1.807) is 0 Å². The van der Waals surface area contributed by atoms with E-state index in [1.165, 1.54) is 0 Å². The van der Waals surface area contributed by atoms with Crippen LogP contribution in [0, 0.1) is 0 Å². The van der Waals surface area contributed by atoms with Crippen molar-refractivity contribution in [3.63, 3.8) is 0 Å². The van der Waals surface area contributed by atoms with Gasteiger partial charge in [-0.05, 0) is 18.2 Å². The second-order valence-corrected chi connectivity index (χ2v) is 3.04. The number of rotatable bonds is 3. The van der Waals surface area contributed by atoms with Gasteiger partial charge in [0, 0.05) is 0 Å². The Labute approximate surface area is 92.4 Å². The largest absolute Gasteiger partial charge is 0.573 e. The summed E-state index contributed by atoms with van der Waals surface area (Å²) in [5.41, 5.74) is 0. The van der Waals surface area contributed by atoms with Gasteiger partial charge in [0.2, 0.25) is 0 Å². The summed E-state index contributed by atoms with van der Waals surface area (Å²) in [6.07, 6.45) is -4.86. The second-order valence-electron chi connectivity index (χ2n) is 2.56. The first-order valence-electron chi connectivity index (χ1n) is 3.81. The summed E-state index contributed by atoms with van der Waals surface area (Å²) >= 11 is 3.65. The molecule has 1 aromatic rings. The molecule has 0 spiro atoms. The molecule has 0 heterocycles. The molecule has 0 unspecified atom stereocenters. The summed E-state index contributed by atoms with van der Waals surface area (Å²) < 4.78 is 66.5. The Bertz CT molecular complexity index is 366. The van der Waals surface area contributed by atoms with Crippen molar-refractivity contribution in [1.29, 1.82) is 0 Å².